The van der Waals surface area contributed by atoms with Gasteiger partial charge in [-0.15, -0.1) is 0 Å². The molecular weight excluding hydrogens is 328 g/mol. The SMILES string of the molecule is CCCCCc1cc(O)c(C2C=C(C)CCC2=C(C)C)c(O)c1C(=O)O. The topological polar surface area (TPSA) is 77.8 Å². The van der Waals surface area contributed by atoms with E-state index in [9.17, 15) is 20.1 Å². The smallest absolute Gasteiger partial charge is 0.339 e. The van der Waals surface area contributed by atoms with Gasteiger partial charge < -0.3 is 15.3 Å². The Morgan fingerprint density at radius 3 is 2.46 bits per heavy atom. The molecule has 0 aliphatic heterocycles. The third-order valence-corrected chi connectivity index (χ3v) is 5.23. The van der Waals surface area contributed by atoms with Crippen molar-refractivity contribution in [3.63, 3.8) is 0 Å². The van der Waals surface area contributed by atoms with Crippen LogP contribution in [0.3, 0.4) is 0 Å². The van der Waals surface area contributed by atoms with Crippen LogP contribution in [0.25, 0.3) is 0 Å². The zero-order chi connectivity index (χ0) is 19.4. The number of rotatable bonds is 6. The Hall–Kier alpha value is -2.23. The molecule has 4 heteroatoms. The van der Waals surface area contributed by atoms with E-state index in [2.05, 4.69) is 6.92 Å². The van der Waals surface area contributed by atoms with Crippen molar-refractivity contribution in [1.82, 2.24) is 0 Å². The largest absolute Gasteiger partial charge is 0.507 e. The Kier molecular flexibility index (Phi) is 6.52. The lowest BCUT2D eigenvalue weighted by Gasteiger charge is -2.27. The van der Waals surface area contributed by atoms with Gasteiger partial charge in [0.2, 0.25) is 0 Å². The number of benzene rings is 1. The van der Waals surface area contributed by atoms with Gasteiger partial charge >= 0.3 is 5.97 Å². The van der Waals surface area contributed by atoms with Gasteiger partial charge in [0.1, 0.15) is 17.1 Å². The number of phenols is 2. The first-order valence-corrected chi connectivity index (χ1v) is 9.42. The van der Waals surface area contributed by atoms with Crippen LogP contribution in [0.15, 0.2) is 28.9 Å². The van der Waals surface area contributed by atoms with Crippen molar-refractivity contribution in [3.8, 4) is 11.5 Å². The second-order valence-corrected chi connectivity index (χ2v) is 7.47. The van der Waals surface area contributed by atoms with Gasteiger partial charge in [0.05, 0.1) is 0 Å². The lowest BCUT2D eigenvalue weighted by atomic mass is 9.78. The summed E-state index contributed by atoms with van der Waals surface area (Å²) >= 11 is 0. The molecule has 0 aromatic heterocycles. The van der Waals surface area contributed by atoms with Gasteiger partial charge in [0, 0.05) is 11.5 Å². The molecule has 0 saturated heterocycles. The third-order valence-electron chi connectivity index (χ3n) is 5.23. The van der Waals surface area contributed by atoms with E-state index in [-0.39, 0.29) is 23.0 Å². The van der Waals surface area contributed by atoms with Crippen LogP contribution in [0, 0.1) is 0 Å². The van der Waals surface area contributed by atoms with Crippen LogP contribution in [-0.4, -0.2) is 21.3 Å². The molecule has 0 saturated carbocycles. The summed E-state index contributed by atoms with van der Waals surface area (Å²) in [6.45, 7) is 8.14. The average Bonchev–Trinajstić information content (AvgIpc) is 2.54. The Morgan fingerprint density at radius 2 is 1.88 bits per heavy atom. The highest BCUT2D eigenvalue weighted by Crippen LogP contribution is 2.46. The Labute approximate surface area is 155 Å². The molecule has 0 spiro atoms. The molecule has 1 aliphatic carbocycles. The van der Waals surface area contributed by atoms with E-state index in [4.69, 9.17) is 0 Å². The summed E-state index contributed by atoms with van der Waals surface area (Å²) in [6, 6.07) is 1.54. The van der Waals surface area contributed by atoms with Crippen LogP contribution in [0.5, 0.6) is 11.5 Å². The average molecular weight is 358 g/mol. The summed E-state index contributed by atoms with van der Waals surface area (Å²) in [4.78, 5) is 11.8. The van der Waals surface area contributed by atoms with Gasteiger partial charge in [-0.3, -0.25) is 0 Å². The molecule has 0 radical (unpaired) electrons. The van der Waals surface area contributed by atoms with Crippen molar-refractivity contribution in [3.05, 3.63) is 45.6 Å². The van der Waals surface area contributed by atoms with Crippen molar-refractivity contribution in [2.45, 2.75) is 72.1 Å². The molecule has 0 bridgehead atoms. The van der Waals surface area contributed by atoms with E-state index in [1.165, 1.54) is 11.6 Å². The standard InChI is InChI=1S/C22H30O4/c1-5-6-7-8-15-12-18(23)20(21(24)19(15)22(25)26)17-11-14(4)9-10-16(17)13(2)3/h11-12,17,23-24H,5-10H2,1-4H3,(H,25,26). The van der Waals surface area contributed by atoms with E-state index in [1.54, 1.807) is 0 Å². The van der Waals surface area contributed by atoms with Gasteiger partial charge in [-0.25, -0.2) is 4.79 Å². The lowest BCUT2D eigenvalue weighted by Crippen LogP contribution is -2.12. The van der Waals surface area contributed by atoms with Crippen molar-refractivity contribution >= 4 is 5.97 Å². The minimum absolute atomic E-state index is 0.0197. The zero-order valence-corrected chi connectivity index (χ0v) is 16.2. The number of unbranched alkanes of at least 4 members (excludes halogenated alkanes) is 2. The predicted molar refractivity (Wildman–Crippen MR) is 104 cm³/mol. The molecule has 26 heavy (non-hydrogen) atoms. The number of phenolic OH excluding ortho intramolecular Hbond substituents is 1. The molecule has 2 rings (SSSR count). The number of aromatic hydroxyl groups is 2. The first-order chi connectivity index (χ1) is 12.3. The summed E-state index contributed by atoms with van der Waals surface area (Å²) < 4.78 is 0. The molecule has 0 fully saturated rings. The number of carboxylic acid groups (broad SMARTS) is 1. The van der Waals surface area contributed by atoms with Gasteiger partial charge in [-0.2, -0.15) is 0 Å². The van der Waals surface area contributed by atoms with Gasteiger partial charge in [0.25, 0.3) is 0 Å². The van der Waals surface area contributed by atoms with E-state index in [1.807, 2.05) is 26.8 Å². The quantitative estimate of drug-likeness (QED) is 0.451. The molecule has 4 nitrogen and oxygen atoms in total. The Morgan fingerprint density at radius 1 is 1.19 bits per heavy atom. The maximum atomic E-state index is 11.8. The summed E-state index contributed by atoms with van der Waals surface area (Å²) in [5.74, 6) is -1.74. The highest BCUT2D eigenvalue weighted by molar-refractivity contribution is 5.94. The van der Waals surface area contributed by atoms with Crippen LogP contribution < -0.4 is 0 Å². The third kappa shape index (κ3) is 4.12. The fourth-order valence-electron chi connectivity index (χ4n) is 3.81. The summed E-state index contributed by atoms with van der Waals surface area (Å²) in [5, 5.41) is 31.2. The van der Waals surface area contributed by atoms with Crippen molar-refractivity contribution < 1.29 is 20.1 Å². The van der Waals surface area contributed by atoms with E-state index in [0.717, 1.165) is 43.3 Å². The molecule has 142 valence electrons. The maximum absolute atomic E-state index is 11.8. The minimum atomic E-state index is -1.15. The van der Waals surface area contributed by atoms with Crippen molar-refractivity contribution in [1.29, 1.82) is 0 Å². The molecule has 0 amide bonds. The second-order valence-electron chi connectivity index (χ2n) is 7.47. The number of carbonyl (C=O) groups is 1. The van der Waals surface area contributed by atoms with Gasteiger partial charge in [-0.05, 0) is 58.1 Å². The number of allylic oxidation sites excluding steroid dienone is 4. The highest BCUT2D eigenvalue weighted by Gasteiger charge is 2.30. The highest BCUT2D eigenvalue weighted by atomic mass is 16.4. The predicted octanol–water partition coefficient (Wildman–Crippen LogP) is 5.69. The number of hydrogen-bond acceptors (Lipinski definition) is 3. The minimum Gasteiger partial charge on any atom is -0.507 e. The number of aryl methyl sites for hydroxylation is 1. The molecule has 3 N–H and O–H groups in total. The molecule has 0 heterocycles. The van der Waals surface area contributed by atoms with Crippen LogP contribution in [0.4, 0.5) is 0 Å². The normalized spacial score (nSPS) is 17.2. The van der Waals surface area contributed by atoms with Crippen LogP contribution in [0.2, 0.25) is 0 Å². The van der Waals surface area contributed by atoms with Crippen LogP contribution >= 0.6 is 0 Å². The molecule has 1 aromatic carbocycles. The van der Waals surface area contributed by atoms with Gasteiger partial charge in [0.15, 0.2) is 0 Å². The first-order valence-electron chi connectivity index (χ1n) is 9.42. The van der Waals surface area contributed by atoms with E-state index in [0.29, 0.717) is 17.5 Å². The Balaban J connectivity index is 2.62. The lowest BCUT2D eigenvalue weighted by molar-refractivity contribution is 0.0692. The zero-order valence-electron chi connectivity index (χ0n) is 16.2. The molecule has 1 aliphatic rings. The van der Waals surface area contributed by atoms with Crippen molar-refractivity contribution in [2.75, 3.05) is 0 Å². The molecule has 1 unspecified atom stereocenters. The molecule has 1 atom stereocenters. The van der Waals surface area contributed by atoms with Crippen molar-refractivity contribution in [2.24, 2.45) is 0 Å². The molecule has 1 aromatic rings. The maximum Gasteiger partial charge on any atom is 0.339 e. The fourth-order valence-corrected chi connectivity index (χ4v) is 3.81. The Bertz CT molecular complexity index is 752. The number of carboxylic acids is 1. The van der Waals surface area contributed by atoms with E-state index >= 15 is 0 Å². The van der Waals surface area contributed by atoms with Crippen LogP contribution in [0.1, 0.15) is 87.2 Å². The van der Waals surface area contributed by atoms with Gasteiger partial charge in [-0.1, -0.05) is 42.6 Å². The monoisotopic (exact) mass is 358 g/mol. The number of aromatic carboxylic acids is 1. The second kappa shape index (κ2) is 8.43. The molecular formula is C22H30O4. The first kappa shape index (κ1) is 20.1. The summed E-state index contributed by atoms with van der Waals surface area (Å²) in [7, 11) is 0. The summed E-state index contributed by atoms with van der Waals surface area (Å²) in [5.41, 5.74) is 4.20. The van der Waals surface area contributed by atoms with E-state index < -0.39 is 5.97 Å². The number of hydrogen-bond donors (Lipinski definition) is 3. The van der Waals surface area contributed by atoms with Crippen LogP contribution in [-0.2, 0) is 6.42 Å². The summed E-state index contributed by atoms with van der Waals surface area (Å²) in [6.07, 6.45) is 7.20. The fraction of sp³-hybridized carbons (Fsp3) is 0.500.